The molecule has 0 fully saturated rings. The third-order valence-corrected chi connectivity index (χ3v) is 12.7. The highest BCUT2D eigenvalue weighted by molar-refractivity contribution is 7.47. The molecule has 0 rings (SSSR count). The zero-order valence-corrected chi connectivity index (χ0v) is 45.2. The zero-order chi connectivity index (χ0) is 50.2. The zero-order valence-electron chi connectivity index (χ0n) is 44.3. The highest BCUT2D eigenvalue weighted by Crippen LogP contribution is 2.43. The number of phosphoric ester groups is 1. The molecular formula is C59H104NO8P. The summed E-state index contributed by atoms with van der Waals surface area (Å²) in [5.74, 6) is -0.856. The highest BCUT2D eigenvalue weighted by atomic mass is 31.2. The van der Waals surface area contributed by atoms with E-state index in [9.17, 15) is 19.0 Å². The normalized spacial score (nSPS) is 13.7. The lowest BCUT2D eigenvalue weighted by molar-refractivity contribution is -0.161. The number of esters is 2. The van der Waals surface area contributed by atoms with Crippen LogP contribution in [0.5, 0.6) is 0 Å². The second-order valence-corrected chi connectivity index (χ2v) is 19.9. The summed E-state index contributed by atoms with van der Waals surface area (Å²) in [7, 11) is -4.40. The van der Waals surface area contributed by atoms with E-state index in [0.29, 0.717) is 6.42 Å². The summed E-state index contributed by atoms with van der Waals surface area (Å²) in [5.41, 5.74) is 5.38. The topological polar surface area (TPSA) is 134 Å². The van der Waals surface area contributed by atoms with E-state index in [1.54, 1.807) is 0 Å². The van der Waals surface area contributed by atoms with Crippen LogP contribution in [0.1, 0.15) is 245 Å². The third-order valence-electron chi connectivity index (χ3n) is 11.8. The van der Waals surface area contributed by atoms with Crippen LogP contribution in [0.3, 0.4) is 0 Å². The van der Waals surface area contributed by atoms with Gasteiger partial charge in [0.2, 0.25) is 0 Å². The first-order valence-corrected chi connectivity index (χ1v) is 29.6. The van der Waals surface area contributed by atoms with Crippen LogP contribution in [-0.2, 0) is 32.7 Å². The Morgan fingerprint density at radius 2 is 0.797 bits per heavy atom. The molecule has 0 aliphatic carbocycles. The smallest absolute Gasteiger partial charge is 0.462 e. The van der Waals surface area contributed by atoms with Gasteiger partial charge < -0.3 is 20.1 Å². The largest absolute Gasteiger partial charge is 0.472 e. The Balaban J connectivity index is 4.05. The summed E-state index contributed by atoms with van der Waals surface area (Å²) < 4.78 is 33.0. The number of rotatable bonds is 52. The van der Waals surface area contributed by atoms with Gasteiger partial charge >= 0.3 is 19.8 Å². The van der Waals surface area contributed by atoms with Crippen molar-refractivity contribution in [2.24, 2.45) is 5.73 Å². The van der Waals surface area contributed by atoms with Crippen molar-refractivity contribution < 1.29 is 37.6 Å². The number of unbranched alkanes of at least 4 members (excludes halogenated alkanes) is 25. The van der Waals surface area contributed by atoms with Crippen molar-refractivity contribution in [1.29, 1.82) is 0 Å². The van der Waals surface area contributed by atoms with Crippen LogP contribution >= 0.6 is 7.82 Å². The first-order valence-electron chi connectivity index (χ1n) is 28.1. The fraction of sp³-hybridized carbons (Fsp3) is 0.729. The SMILES string of the molecule is CC/C=C\C/C=C\C/C=C\C/C=C\C/C=C\C/C=C\CCCCCCC(=O)OC(COC(=O)CCCCCCCCCCCCCCC/C=C\CCCCCCCCCC)COP(=O)(O)OCCN. The minimum Gasteiger partial charge on any atom is -0.462 e. The van der Waals surface area contributed by atoms with Gasteiger partial charge in [0.25, 0.3) is 0 Å². The molecule has 0 saturated carbocycles. The van der Waals surface area contributed by atoms with E-state index < -0.39 is 26.5 Å². The maximum Gasteiger partial charge on any atom is 0.472 e. The van der Waals surface area contributed by atoms with E-state index in [1.165, 1.54) is 128 Å². The first-order chi connectivity index (χ1) is 33.8. The summed E-state index contributed by atoms with van der Waals surface area (Å²) in [6, 6.07) is 0. The number of hydrogen-bond donors (Lipinski definition) is 2. The fourth-order valence-electron chi connectivity index (χ4n) is 7.63. The van der Waals surface area contributed by atoms with Crippen LogP contribution in [-0.4, -0.2) is 49.3 Å². The molecule has 0 bridgehead atoms. The molecule has 398 valence electrons. The molecule has 2 atom stereocenters. The second kappa shape index (κ2) is 54.5. The molecule has 0 amide bonds. The molecule has 0 spiro atoms. The Labute approximate surface area is 424 Å². The molecule has 0 aliphatic rings. The number of nitrogens with two attached hydrogens (primary N) is 1. The molecule has 10 heteroatoms. The predicted molar refractivity (Wildman–Crippen MR) is 293 cm³/mol. The van der Waals surface area contributed by atoms with E-state index in [1.807, 2.05) is 0 Å². The van der Waals surface area contributed by atoms with E-state index in [-0.39, 0.29) is 38.6 Å². The number of hydrogen-bond acceptors (Lipinski definition) is 8. The standard InChI is InChI=1S/C59H104NO8P/c1-3-5-7-9-11-13-15-17-19-21-23-25-27-28-30-31-33-35-37-39-41-43-45-47-49-51-58(61)65-55-57(56-67-69(63,64)66-54-53-60)68-59(62)52-50-48-46-44-42-40-38-36-34-32-29-26-24-22-20-18-16-14-12-10-8-6-4-2/h6,8,12,14,18,20-21,23-24,26,32,34,38,40,57H,3-5,7,9-11,13,15-17,19,22,25,27-31,33,35-37,39,41-56,60H2,1-2H3,(H,63,64)/b8-6-,14-12-,20-18-,23-21-,26-24-,34-32-,40-38-. The molecule has 0 aromatic carbocycles. The lowest BCUT2D eigenvalue weighted by Gasteiger charge is -2.19. The van der Waals surface area contributed by atoms with Gasteiger partial charge in [-0.25, -0.2) is 4.57 Å². The lowest BCUT2D eigenvalue weighted by Crippen LogP contribution is -2.29. The fourth-order valence-corrected chi connectivity index (χ4v) is 8.40. The second-order valence-electron chi connectivity index (χ2n) is 18.4. The molecule has 0 aliphatic heterocycles. The monoisotopic (exact) mass is 986 g/mol. The van der Waals surface area contributed by atoms with Crippen LogP contribution in [0, 0.1) is 0 Å². The van der Waals surface area contributed by atoms with Gasteiger partial charge in [-0.05, 0) is 89.9 Å². The van der Waals surface area contributed by atoms with Crippen LogP contribution in [0.25, 0.3) is 0 Å². The van der Waals surface area contributed by atoms with Crippen molar-refractivity contribution in [3.8, 4) is 0 Å². The first kappa shape index (κ1) is 66.2. The highest BCUT2D eigenvalue weighted by Gasteiger charge is 2.26. The Kier molecular flexibility index (Phi) is 52.3. The van der Waals surface area contributed by atoms with Crippen molar-refractivity contribution in [1.82, 2.24) is 0 Å². The third kappa shape index (κ3) is 54.4. The van der Waals surface area contributed by atoms with Gasteiger partial charge in [0.1, 0.15) is 6.61 Å². The van der Waals surface area contributed by atoms with Gasteiger partial charge in [0, 0.05) is 19.4 Å². The summed E-state index contributed by atoms with van der Waals surface area (Å²) in [4.78, 5) is 35.2. The van der Waals surface area contributed by atoms with Crippen LogP contribution < -0.4 is 5.73 Å². The lowest BCUT2D eigenvalue weighted by atomic mass is 10.0. The molecule has 2 unspecified atom stereocenters. The number of allylic oxidation sites excluding steroid dienone is 14. The van der Waals surface area contributed by atoms with Crippen molar-refractivity contribution in [3.63, 3.8) is 0 Å². The van der Waals surface area contributed by atoms with E-state index in [4.69, 9.17) is 24.3 Å². The Morgan fingerprint density at radius 3 is 1.20 bits per heavy atom. The number of phosphoric acid groups is 1. The summed E-state index contributed by atoms with van der Waals surface area (Å²) in [6.07, 6.45) is 70.6. The predicted octanol–water partition coefficient (Wildman–Crippen LogP) is 17.5. The maximum absolute atomic E-state index is 12.7. The van der Waals surface area contributed by atoms with Crippen molar-refractivity contribution >= 4 is 19.8 Å². The summed E-state index contributed by atoms with van der Waals surface area (Å²) in [6.45, 7) is 3.61. The van der Waals surface area contributed by atoms with Crippen molar-refractivity contribution in [2.75, 3.05) is 26.4 Å². The van der Waals surface area contributed by atoms with Crippen molar-refractivity contribution in [3.05, 3.63) is 85.1 Å². The molecule has 9 nitrogen and oxygen atoms in total. The molecule has 0 aromatic heterocycles. The number of carbonyl (C=O) groups is 2. The molecule has 69 heavy (non-hydrogen) atoms. The van der Waals surface area contributed by atoms with Gasteiger partial charge in [0.05, 0.1) is 13.2 Å². The molecule has 3 N–H and O–H groups in total. The van der Waals surface area contributed by atoms with E-state index in [0.717, 1.165) is 83.5 Å². The van der Waals surface area contributed by atoms with Gasteiger partial charge in [-0.15, -0.1) is 0 Å². The Morgan fingerprint density at radius 1 is 0.449 bits per heavy atom. The quantitative estimate of drug-likeness (QED) is 0.0264. The minimum atomic E-state index is -4.40. The van der Waals surface area contributed by atoms with Gasteiger partial charge in [-0.2, -0.15) is 0 Å². The van der Waals surface area contributed by atoms with Gasteiger partial charge in [-0.3, -0.25) is 18.6 Å². The average molecular weight is 986 g/mol. The van der Waals surface area contributed by atoms with E-state index >= 15 is 0 Å². The molecule has 0 saturated heterocycles. The average Bonchev–Trinajstić information content (AvgIpc) is 3.34. The number of carbonyl (C=O) groups excluding carboxylic acids is 2. The Hall–Kier alpha value is -2.81. The van der Waals surface area contributed by atoms with Gasteiger partial charge in [0.15, 0.2) is 6.10 Å². The van der Waals surface area contributed by atoms with Crippen LogP contribution in [0.15, 0.2) is 85.1 Å². The van der Waals surface area contributed by atoms with Crippen LogP contribution in [0.4, 0.5) is 0 Å². The van der Waals surface area contributed by atoms with E-state index in [2.05, 4.69) is 98.9 Å². The molecule has 0 radical (unpaired) electrons. The summed E-state index contributed by atoms with van der Waals surface area (Å²) >= 11 is 0. The van der Waals surface area contributed by atoms with Crippen molar-refractivity contribution in [2.45, 2.75) is 251 Å². The van der Waals surface area contributed by atoms with Crippen LogP contribution in [0.2, 0.25) is 0 Å². The minimum absolute atomic E-state index is 0.0452. The molecular weight excluding hydrogens is 882 g/mol. The molecule has 0 aromatic rings. The number of ether oxygens (including phenoxy) is 2. The maximum atomic E-state index is 12.7. The summed E-state index contributed by atoms with van der Waals surface area (Å²) in [5, 5.41) is 0. The van der Waals surface area contributed by atoms with Gasteiger partial charge in [-0.1, -0.05) is 227 Å². The molecule has 0 heterocycles. The Bertz CT molecular complexity index is 1400.